The summed E-state index contributed by atoms with van der Waals surface area (Å²) in [7, 11) is 0. The van der Waals surface area contributed by atoms with Crippen LogP contribution in [-0.2, 0) is 6.42 Å². The smallest absolute Gasteiger partial charge is 0.141 e. The number of aromatic amines is 1. The predicted molar refractivity (Wildman–Crippen MR) is 67.2 cm³/mol. The predicted octanol–water partition coefficient (Wildman–Crippen LogP) is 3.33. The molecule has 0 radical (unpaired) electrons. The average Bonchev–Trinajstić information content (AvgIpc) is 2.74. The van der Waals surface area contributed by atoms with Crippen molar-refractivity contribution in [3.63, 3.8) is 0 Å². The third-order valence-corrected chi connectivity index (χ3v) is 2.88. The van der Waals surface area contributed by atoms with Crippen molar-refractivity contribution < 1.29 is 0 Å². The molecule has 2 aromatic rings. The van der Waals surface area contributed by atoms with Crippen LogP contribution in [0.1, 0.15) is 39.2 Å². The Morgan fingerprint density at radius 2 is 2.00 bits per heavy atom. The summed E-state index contributed by atoms with van der Waals surface area (Å²) in [6.07, 6.45) is 2.78. The van der Waals surface area contributed by atoms with Crippen molar-refractivity contribution in [2.24, 2.45) is 0 Å². The van der Waals surface area contributed by atoms with E-state index in [1.54, 1.807) is 0 Å². The van der Waals surface area contributed by atoms with E-state index >= 15 is 0 Å². The Kier molecular flexibility index (Phi) is 2.77. The maximum Gasteiger partial charge on any atom is 0.141 e. The SMILES string of the molecule is CCc1nc(C(C)=C(C)C)c2cc[nH]c2n1. The minimum atomic E-state index is 0.859. The Balaban J connectivity index is 2.75. The highest BCUT2D eigenvalue weighted by Crippen LogP contribution is 2.23. The van der Waals surface area contributed by atoms with Crippen LogP contribution in [0.15, 0.2) is 17.8 Å². The molecule has 0 aliphatic carbocycles. The number of H-pyrrole nitrogens is 1. The normalized spacial score (nSPS) is 10.8. The number of allylic oxidation sites excluding steroid dienone is 2. The fraction of sp³-hybridized carbons (Fsp3) is 0.385. The van der Waals surface area contributed by atoms with Crippen LogP contribution in [0.2, 0.25) is 0 Å². The summed E-state index contributed by atoms with van der Waals surface area (Å²) in [4.78, 5) is 12.2. The van der Waals surface area contributed by atoms with Gasteiger partial charge in [0.15, 0.2) is 0 Å². The molecule has 1 N–H and O–H groups in total. The lowest BCUT2D eigenvalue weighted by Crippen LogP contribution is -1.98. The maximum absolute atomic E-state index is 4.62. The minimum absolute atomic E-state index is 0.859. The van der Waals surface area contributed by atoms with Gasteiger partial charge in [-0.05, 0) is 32.4 Å². The molecule has 3 nitrogen and oxygen atoms in total. The first-order chi connectivity index (χ1) is 7.63. The molecule has 3 heteroatoms. The molecule has 2 rings (SSSR count). The first-order valence-corrected chi connectivity index (χ1v) is 5.62. The molecule has 84 valence electrons. The molecule has 0 aliphatic rings. The summed E-state index contributed by atoms with van der Waals surface area (Å²) in [6.45, 7) is 8.42. The van der Waals surface area contributed by atoms with Crippen LogP contribution >= 0.6 is 0 Å². The summed E-state index contributed by atoms with van der Waals surface area (Å²) in [5.41, 5.74) is 4.52. The van der Waals surface area contributed by atoms with Crippen LogP contribution in [0.25, 0.3) is 16.6 Å². The van der Waals surface area contributed by atoms with Crippen LogP contribution in [0, 0.1) is 0 Å². The first kappa shape index (κ1) is 10.9. The molecule has 2 heterocycles. The third kappa shape index (κ3) is 1.73. The topological polar surface area (TPSA) is 41.6 Å². The Hall–Kier alpha value is -1.64. The van der Waals surface area contributed by atoms with Crippen LogP contribution in [0.4, 0.5) is 0 Å². The summed E-state index contributed by atoms with van der Waals surface area (Å²) in [6, 6.07) is 2.04. The van der Waals surface area contributed by atoms with Crippen molar-refractivity contribution in [2.45, 2.75) is 34.1 Å². The molecule has 0 amide bonds. The molecule has 0 aromatic carbocycles. The van der Waals surface area contributed by atoms with Gasteiger partial charge >= 0.3 is 0 Å². The number of hydrogen-bond acceptors (Lipinski definition) is 2. The number of nitrogens with one attached hydrogen (secondary N) is 1. The fourth-order valence-electron chi connectivity index (χ4n) is 1.67. The number of nitrogens with zero attached hydrogens (tertiary/aromatic N) is 2. The van der Waals surface area contributed by atoms with E-state index in [1.807, 2.05) is 12.3 Å². The molecule has 16 heavy (non-hydrogen) atoms. The lowest BCUT2D eigenvalue weighted by molar-refractivity contribution is 0.947. The van der Waals surface area contributed by atoms with Gasteiger partial charge in [0.05, 0.1) is 5.69 Å². The Morgan fingerprint density at radius 1 is 1.25 bits per heavy atom. The third-order valence-electron chi connectivity index (χ3n) is 2.88. The standard InChI is InChI=1S/C13H17N3/c1-5-11-15-12(9(4)8(2)3)10-6-7-14-13(10)16-11/h6-7H,5H2,1-4H3,(H,14,15,16). The summed E-state index contributed by atoms with van der Waals surface area (Å²) in [5.74, 6) is 0.894. The Bertz CT molecular complexity index is 545. The van der Waals surface area contributed by atoms with Crippen molar-refractivity contribution in [3.05, 3.63) is 29.4 Å². The van der Waals surface area contributed by atoms with E-state index in [1.165, 1.54) is 11.1 Å². The molecular formula is C13H17N3. The molecule has 0 spiro atoms. The van der Waals surface area contributed by atoms with E-state index in [9.17, 15) is 0 Å². The van der Waals surface area contributed by atoms with Gasteiger partial charge in [-0.1, -0.05) is 12.5 Å². The number of fused-ring (bicyclic) bond motifs is 1. The van der Waals surface area contributed by atoms with Crippen molar-refractivity contribution in [3.8, 4) is 0 Å². The lowest BCUT2D eigenvalue weighted by atomic mass is 10.1. The minimum Gasteiger partial charge on any atom is -0.346 e. The fourth-order valence-corrected chi connectivity index (χ4v) is 1.67. The van der Waals surface area contributed by atoms with Gasteiger partial charge in [0.2, 0.25) is 0 Å². The van der Waals surface area contributed by atoms with E-state index in [0.717, 1.165) is 29.0 Å². The number of aromatic nitrogens is 3. The number of aryl methyl sites for hydroxylation is 1. The zero-order valence-corrected chi connectivity index (χ0v) is 10.3. The Labute approximate surface area is 95.6 Å². The van der Waals surface area contributed by atoms with Gasteiger partial charge in [0.25, 0.3) is 0 Å². The van der Waals surface area contributed by atoms with Crippen molar-refractivity contribution in [1.29, 1.82) is 0 Å². The van der Waals surface area contributed by atoms with Gasteiger partial charge in [-0.15, -0.1) is 0 Å². The monoisotopic (exact) mass is 215 g/mol. The second kappa shape index (κ2) is 4.08. The summed E-state index contributed by atoms with van der Waals surface area (Å²) >= 11 is 0. The van der Waals surface area contributed by atoms with Crippen molar-refractivity contribution in [2.75, 3.05) is 0 Å². The van der Waals surface area contributed by atoms with E-state index < -0.39 is 0 Å². The van der Waals surface area contributed by atoms with Gasteiger partial charge in [-0.25, -0.2) is 9.97 Å². The van der Waals surface area contributed by atoms with Gasteiger partial charge in [0.1, 0.15) is 11.5 Å². The highest BCUT2D eigenvalue weighted by atomic mass is 14.9. The van der Waals surface area contributed by atoms with Crippen LogP contribution in [0.5, 0.6) is 0 Å². The number of rotatable bonds is 2. The zero-order chi connectivity index (χ0) is 11.7. The molecule has 0 saturated carbocycles. The van der Waals surface area contributed by atoms with E-state index in [0.29, 0.717) is 0 Å². The average molecular weight is 215 g/mol. The summed E-state index contributed by atoms with van der Waals surface area (Å²) < 4.78 is 0. The molecule has 2 aromatic heterocycles. The van der Waals surface area contributed by atoms with Gasteiger partial charge in [0, 0.05) is 18.0 Å². The first-order valence-electron chi connectivity index (χ1n) is 5.62. The quantitative estimate of drug-likeness (QED) is 0.834. The Morgan fingerprint density at radius 3 is 2.62 bits per heavy atom. The zero-order valence-electron chi connectivity index (χ0n) is 10.3. The molecular weight excluding hydrogens is 198 g/mol. The summed E-state index contributed by atoms with van der Waals surface area (Å²) in [5, 5.41) is 1.11. The van der Waals surface area contributed by atoms with Gasteiger partial charge < -0.3 is 4.98 Å². The lowest BCUT2D eigenvalue weighted by Gasteiger charge is -2.07. The highest BCUT2D eigenvalue weighted by Gasteiger charge is 2.09. The van der Waals surface area contributed by atoms with E-state index in [-0.39, 0.29) is 0 Å². The molecule has 0 atom stereocenters. The van der Waals surface area contributed by atoms with Crippen molar-refractivity contribution in [1.82, 2.24) is 15.0 Å². The van der Waals surface area contributed by atoms with Crippen LogP contribution < -0.4 is 0 Å². The molecule has 0 bridgehead atoms. The molecule has 0 aliphatic heterocycles. The molecule has 0 saturated heterocycles. The van der Waals surface area contributed by atoms with E-state index in [4.69, 9.17) is 0 Å². The van der Waals surface area contributed by atoms with Crippen LogP contribution in [0.3, 0.4) is 0 Å². The largest absolute Gasteiger partial charge is 0.346 e. The second-order valence-corrected chi connectivity index (χ2v) is 4.21. The van der Waals surface area contributed by atoms with Gasteiger partial charge in [-0.2, -0.15) is 0 Å². The molecule has 0 unspecified atom stereocenters. The van der Waals surface area contributed by atoms with Crippen LogP contribution in [-0.4, -0.2) is 15.0 Å². The second-order valence-electron chi connectivity index (χ2n) is 4.21. The highest BCUT2D eigenvalue weighted by molar-refractivity contribution is 5.88. The van der Waals surface area contributed by atoms with E-state index in [2.05, 4.69) is 42.6 Å². The number of hydrogen-bond donors (Lipinski definition) is 1. The molecule has 0 fully saturated rings. The van der Waals surface area contributed by atoms with Crippen molar-refractivity contribution >= 4 is 16.6 Å². The van der Waals surface area contributed by atoms with Gasteiger partial charge in [-0.3, -0.25) is 0 Å². The maximum atomic E-state index is 4.62.